The summed E-state index contributed by atoms with van der Waals surface area (Å²) in [7, 11) is 0. The van der Waals surface area contributed by atoms with Crippen LogP contribution in [0.4, 0.5) is 0 Å². The van der Waals surface area contributed by atoms with Crippen molar-refractivity contribution >= 4 is 0 Å². The van der Waals surface area contributed by atoms with Gasteiger partial charge in [-0.3, -0.25) is 0 Å². The standard InChI is InChI=1S/C15H12O2/c1-3-12-13-6-4-5-10(2)14(13)17-9-11-7-8-16-15(11)12/h1,4-8,12H,9H2,2H3. The largest absolute Gasteiger partial charge is 0.488 e. The number of fused-ring (bicyclic) bond motifs is 2. The van der Waals surface area contributed by atoms with Crippen LogP contribution >= 0.6 is 0 Å². The van der Waals surface area contributed by atoms with Gasteiger partial charge in [0.15, 0.2) is 0 Å². The molecule has 84 valence electrons. The summed E-state index contributed by atoms with van der Waals surface area (Å²) < 4.78 is 11.4. The van der Waals surface area contributed by atoms with E-state index in [0.717, 1.165) is 28.2 Å². The Balaban J connectivity index is 2.25. The van der Waals surface area contributed by atoms with Crippen molar-refractivity contribution in [3.05, 3.63) is 53.0 Å². The van der Waals surface area contributed by atoms with Gasteiger partial charge in [0.25, 0.3) is 0 Å². The molecule has 0 radical (unpaired) electrons. The number of aryl methyl sites for hydroxylation is 1. The molecular weight excluding hydrogens is 212 g/mol. The van der Waals surface area contributed by atoms with Crippen molar-refractivity contribution < 1.29 is 9.15 Å². The van der Waals surface area contributed by atoms with Crippen LogP contribution in [-0.4, -0.2) is 0 Å². The van der Waals surface area contributed by atoms with Crippen LogP contribution in [0.15, 0.2) is 34.9 Å². The third-order valence-electron chi connectivity index (χ3n) is 3.13. The molecule has 0 amide bonds. The zero-order valence-electron chi connectivity index (χ0n) is 9.57. The second-order valence-corrected chi connectivity index (χ2v) is 4.19. The molecule has 0 saturated heterocycles. The highest BCUT2D eigenvalue weighted by atomic mass is 16.5. The Labute approximate surface area is 100 Å². The van der Waals surface area contributed by atoms with Crippen molar-refractivity contribution in [3.63, 3.8) is 0 Å². The molecule has 0 fully saturated rings. The molecule has 3 rings (SSSR count). The third kappa shape index (κ3) is 1.43. The summed E-state index contributed by atoms with van der Waals surface area (Å²) in [6.07, 6.45) is 7.31. The normalized spacial score (nSPS) is 17.3. The highest BCUT2D eigenvalue weighted by Gasteiger charge is 2.26. The van der Waals surface area contributed by atoms with Crippen LogP contribution in [-0.2, 0) is 6.61 Å². The molecule has 0 saturated carbocycles. The summed E-state index contributed by atoms with van der Waals surface area (Å²) in [6, 6.07) is 7.95. The summed E-state index contributed by atoms with van der Waals surface area (Å²) in [5, 5.41) is 0. The summed E-state index contributed by atoms with van der Waals surface area (Å²) >= 11 is 0. The summed E-state index contributed by atoms with van der Waals surface area (Å²) in [5.41, 5.74) is 3.15. The van der Waals surface area contributed by atoms with Crippen molar-refractivity contribution in [2.75, 3.05) is 0 Å². The second kappa shape index (κ2) is 3.71. The fraction of sp³-hybridized carbons (Fsp3) is 0.200. The third-order valence-corrected chi connectivity index (χ3v) is 3.13. The van der Waals surface area contributed by atoms with Gasteiger partial charge in [0.2, 0.25) is 0 Å². The number of para-hydroxylation sites is 1. The lowest BCUT2D eigenvalue weighted by Gasteiger charge is -2.12. The number of hydrogen-bond acceptors (Lipinski definition) is 2. The van der Waals surface area contributed by atoms with Gasteiger partial charge in [-0.2, -0.15) is 0 Å². The molecule has 2 heteroatoms. The minimum Gasteiger partial charge on any atom is -0.488 e. The van der Waals surface area contributed by atoms with Gasteiger partial charge in [0.05, 0.1) is 6.26 Å². The van der Waals surface area contributed by atoms with Gasteiger partial charge in [-0.05, 0) is 18.6 Å². The van der Waals surface area contributed by atoms with Crippen LogP contribution < -0.4 is 4.74 Å². The van der Waals surface area contributed by atoms with Crippen LogP contribution in [0.5, 0.6) is 5.75 Å². The molecule has 1 aliphatic rings. The number of furan rings is 1. The van der Waals surface area contributed by atoms with Crippen molar-refractivity contribution in [1.82, 2.24) is 0 Å². The van der Waals surface area contributed by atoms with Crippen LogP contribution in [0.2, 0.25) is 0 Å². The number of rotatable bonds is 0. The predicted octanol–water partition coefficient (Wildman–Crippen LogP) is 3.25. The maximum Gasteiger partial charge on any atom is 0.129 e. The first-order chi connectivity index (χ1) is 8.31. The average molecular weight is 224 g/mol. The quantitative estimate of drug-likeness (QED) is 0.641. The summed E-state index contributed by atoms with van der Waals surface area (Å²) in [5.74, 6) is 4.36. The molecule has 1 atom stereocenters. The Kier molecular flexibility index (Phi) is 2.19. The van der Waals surface area contributed by atoms with E-state index in [2.05, 4.69) is 5.92 Å². The average Bonchev–Trinajstić information content (AvgIpc) is 2.72. The van der Waals surface area contributed by atoms with E-state index in [0.29, 0.717) is 6.61 Å². The number of hydrogen-bond donors (Lipinski definition) is 0. The Hall–Kier alpha value is -2.14. The van der Waals surface area contributed by atoms with Crippen LogP contribution in [0.25, 0.3) is 0 Å². The van der Waals surface area contributed by atoms with E-state index in [1.54, 1.807) is 6.26 Å². The van der Waals surface area contributed by atoms with Gasteiger partial charge in [-0.25, -0.2) is 0 Å². The van der Waals surface area contributed by atoms with Crippen LogP contribution in [0, 0.1) is 19.3 Å². The highest BCUT2D eigenvalue weighted by Crippen LogP contribution is 2.38. The molecule has 1 aromatic carbocycles. The lowest BCUT2D eigenvalue weighted by molar-refractivity contribution is 0.304. The van der Waals surface area contributed by atoms with E-state index in [4.69, 9.17) is 15.6 Å². The van der Waals surface area contributed by atoms with E-state index in [9.17, 15) is 0 Å². The van der Waals surface area contributed by atoms with Gasteiger partial charge >= 0.3 is 0 Å². The predicted molar refractivity (Wildman–Crippen MR) is 64.9 cm³/mol. The van der Waals surface area contributed by atoms with Gasteiger partial charge in [-0.15, -0.1) is 6.42 Å². The molecule has 2 heterocycles. The minimum atomic E-state index is -0.155. The topological polar surface area (TPSA) is 22.4 Å². The SMILES string of the molecule is C#CC1c2cccc(C)c2OCc2ccoc21. The first-order valence-corrected chi connectivity index (χ1v) is 5.56. The highest BCUT2D eigenvalue weighted by molar-refractivity contribution is 5.51. The number of ether oxygens (including phenoxy) is 1. The molecule has 1 aliphatic heterocycles. The Bertz CT molecular complexity index is 602. The molecule has 2 aromatic rings. The van der Waals surface area contributed by atoms with Gasteiger partial charge < -0.3 is 9.15 Å². The number of terminal acetylenes is 1. The Morgan fingerprint density at radius 3 is 3.06 bits per heavy atom. The lowest BCUT2D eigenvalue weighted by Crippen LogP contribution is -1.98. The van der Waals surface area contributed by atoms with Crippen molar-refractivity contribution in [1.29, 1.82) is 0 Å². The van der Waals surface area contributed by atoms with Gasteiger partial charge in [0, 0.05) is 11.1 Å². The molecule has 2 nitrogen and oxygen atoms in total. The fourth-order valence-corrected chi connectivity index (χ4v) is 2.28. The van der Waals surface area contributed by atoms with E-state index in [-0.39, 0.29) is 5.92 Å². The van der Waals surface area contributed by atoms with E-state index >= 15 is 0 Å². The maximum atomic E-state index is 5.84. The van der Waals surface area contributed by atoms with Crippen molar-refractivity contribution in [2.45, 2.75) is 19.4 Å². The van der Waals surface area contributed by atoms with Crippen LogP contribution in [0.1, 0.15) is 28.4 Å². The summed E-state index contributed by atoms with van der Waals surface area (Å²) in [6.45, 7) is 2.54. The van der Waals surface area contributed by atoms with Crippen molar-refractivity contribution in [2.24, 2.45) is 0 Å². The molecule has 1 aromatic heterocycles. The summed E-state index contributed by atoms with van der Waals surface area (Å²) in [4.78, 5) is 0. The van der Waals surface area contributed by atoms with Crippen LogP contribution in [0.3, 0.4) is 0 Å². The Morgan fingerprint density at radius 1 is 1.35 bits per heavy atom. The van der Waals surface area contributed by atoms with E-state index in [1.165, 1.54) is 0 Å². The monoisotopic (exact) mass is 224 g/mol. The fourth-order valence-electron chi connectivity index (χ4n) is 2.28. The molecule has 1 unspecified atom stereocenters. The maximum absolute atomic E-state index is 5.84. The molecule has 17 heavy (non-hydrogen) atoms. The molecular formula is C15H12O2. The minimum absolute atomic E-state index is 0.155. The van der Waals surface area contributed by atoms with Gasteiger partial charge in [-0.1, -0.05) is 24.1 Å². The molecule has 0 spiro atoms. The first kappa shape index (κ1) is 10.0. The van der Waals surface area contributed by atoms with E-state index < -0.39 is 0 Å². The van der Waals surface area contributed by atoms with Gasteiger partial charge in [0.1, 0.15) is 24.0 Å². The zero-order chi connectivity index (χ0) is 11.8. The zero-order valence-corrected chi connectivity index (χ0v) is 9.57. The van der Waals surface area contributed by atoms with Crippen molar-refractivity contribution in [3.8, 4) is 18.1 Å². The molecule has 0 bridgehead atoms. The van der Waals surface area contributed by atoms with E-state index in [1.807, 2.05) is 31.2 Å². The molecule has 0 N–H and O–H groups in total. The lowest BCUT2D eigenvalue weighted by atomic mass is 9.94. The Morgan fingerprint density at radius 2 is 2.24 bits per heavy atom. The number of benzene rings is 1. The molecule has 0 aliphatic carbocycles. The second-order valence-electron chi connectivity index (χ2n) is 4.19. The first-order valence-electron chi connectivity index (χ1n) is 5.56. The smallest absolute Gasteiger partial charge is 0.129 e.